The minimum atomic E-state index is -3.42. The third kappa shape index (κ3) is 3.02. The van der Waals surface area contributed by atoms with Crippen molar-refractivity contribution in [2.24, 2.45) is 0 Å². The first kappa shape index (κ1) is 17.2. The summed E-state index contributed by atoms with van der Waals surface area (Å²) in [7, 11) is -3.42. The van der Waals surface area contributed by atoms with Crippen molar-refractivity contribution in [3.8, 4) is 0 Å². The Labute approximate surface area is 146 Å². The molecule has 1 heterocycles. The topological polar surface area (TPSA) is 83.6 Å². The summed E-state index contributed by atoms with van der Waals surface area (Å²) in [5, 5.41) is 2.68. The molecule has 1 N–H and O–H groups in total. The zero-order chi connectivity index (χ0) is 18.4. The molecule has 0 radical (unpaired) electrons. The zero-order valence-electron chi connectivity index (χ0n) is 14.1. The summed E-state index contributed by atoms with van der Waals surface area (Å²) in [5.74, 6) is -0.658. The third-order valence-corrected chi connectivity index (χ3v) is 5.38. The number of hydrogen-bond acceptors (Lipinski definition) is 4. The van der Waals surface area contributed by atoms with Gasteiger partial charge in [-0.2, -0.15) is 0 Å². The zero-order valence-corrected chi connectivity index (χ0v) is 14.9. The summed E-state index contributed by atoms with van der Waals surface area (Å²) in [6, 6.07) is 10.8. The first-order valence-electron chi connectivity index (χ1n) is 7.74. The molecule has 25 heavy (non-hydrogen) atoms. The van der Waals surface area contributed by atoms with Gasteiger partial charge in [0.25, 0.3) is 5.91 Å². The van der Waals surface area contributed by atoms with Gasteiger partial charge in [0.2, 0.25) is 5.91 Å². The molecule has 1 aliphatic heterocycles. The lowest BCUT2D eigenvalue weighted by Gasteiger charge is -2.35. The summed E-state index contributed by atoms with van der Waals surface area (Å²) >= 11 is 0. The minimum Gasteiger partial charge on any atom is -0.322 e. The smallest absolute Gasteiger partial charge is 0.259 e. The molecule has 130 valence electrons. The van der Waals surface area contributed by atoms with E-state index in [-0.39, 0.29) is 16.7 Å². The Kier molecular flexibility index (Phi) is 4.12. The number of nitrogens with zero attached hydrogens (tertiary/aromatic N) is 1. The second kappa shape index (κ2) is 6.00. The SMILES string of the molecule is Cc1ccccc1C(=O)N1c2ccc(S(C)(=O)=O)cc2NC(=O)C1C. The Morgan fingerprint density at radius 2 is 1.84 bits per heavy atom. The first-order valence-corrected chi connectivity index (χ1v) is 9.63. The van der Waals surface area contributed by atoms with Gasteiger partial charge < -0.3 is 5.32 Å². The molecule has 6 nitrogen and oxygen atoms in total. The molecule has 0 fully saturated rings. The highest BCUT2D eigenvalue weighted by atomic mass is 32.2. The van der Waals surface area contributed by atoms with E-state index < -0.39 is 15.9 Å². The molecule has 2 aromatic carbocycles. The number of fused-ring (bicyclic) bond motifs is 1. The molecule has 0 aliphatic carbocycles. The summed E-state index contributed by atoms with van der Waals surface area (Å²) in [6.07, 6.45) is 1.10. The van der Waals surface area contributed by atoms with E-state index in [4.69, 9.17) is 0 Å². The Hall–Kier alpha value is -2.67. The molecule has 0 saturated carbocycles. The van der Waals surface area contributed by atoms with Crippen LogP contribution >= 0.6 is 0 Å². The van der Waals surface area contributed by atoms with E-state index in [1.807, 2.05) is 19.1 Å². The number of benzene rings is 2. The number of carbonyl (C=O) groups excluding carboxylic acids is 2. The Morgan fingerprint density at radius 3 is 2.48 bits per heavy atom. The van der Waals surface area contributed by atoms with Crippen molar-refractivity contribution in [3.05, 3.63) is 53.6 Å². The molecule has 0 aromatic heterocycles. The van der Waals surface area contributed by atoms with Crippen molar-refractivity contribution in [3.63, 3.8) is 0 Å². The van der Waals surface area contributed by atoms with E-state index in [9.17, 15) is 18.0 Å². The van der Waals surface area contributed by atoms with Crippen LogP contribution in [0, 0.1) is 6.92 Å². The molecule has 0 saturated heterocycles. The van der Waals surface area contributed by atoms with Crippen LogP contribution in [0.1, 0.15) is 22.8 Å². The lowest BCUT2D eigenvalue weighted by Crippen LogP contribution is -2.49. The highest BCUT2D eigenvalue weighted by molar-refractivity contribution is 7.90. The number of rotatable bonds is 2. The lowest BCUT2D eigenvalue weighted by molar-refractivity contribution is -0.117. The number of hydrogen-bond donors (Lipinski definition) is 1. The number of amides is 2. The van der Waals surface area contributed by atoms with E-state index in [1.54, 1.807) is 25.1 Å². The van der Waals surface area contributed by atoms with Gasteiger partial charge in [0.1, 0.15) is 6.04 Å². The number of sulfone groups is 1. The van der Waals surface area contributed by atoms with Gasteiger partial charge in [0.15, 0.2) is 9.84 Å². The van der Waals surface area contributed by atoms with Crippen LogP contribution in [0.2, 0.25) is 0 Å². The Bertz CT molecular complexity index is 982. The predicted molar refractivity (Wildman–Crippen MR) is 95.6 cm³/mol. The summed E-state index contributed by atoms with van der Waals surface area (Å²) in [4.78, 5) is 26.8. The van der Waals surface area contributed by atoms with Gasteiger partial charge in [0, 0.05) is 11.8 Å². The van der Waals surface area contributed by atoms with Crippen LogP contribution in [0.15, 0.2) is 47.4 Å². The molecule has 0 bridgehead atoms. The molecule has 1 aliphatic rings. The number of nitrogens with one attached hydrogen (secondary N) is 1. The first-order chi connectivity index (χ1) is 11.7. The second-order valence-electron chi connectivity index (χ2n) is 6.11. The molecule has 0 spiro atoms. The molecule has 1 atom stereocenters. The van der Waals surface area contributed by atoms with Crippen LogP contribution < -0.4 is 10.2 Å². The molecule has 3 rings (SSSR count). The fourth-order valence-corrected chi connectivity index (χ4v) is 3.49. The van der Waals surface area contributed by atoms with Crippen molar-refractivity contribution in [1.82, 2.24) is 0 Å². The maximum atomic E-state index is 13.0. The van der Waals surface area contributed by atoms with Crippen molar-refractivity contribution in [1.29, 1.82) is 0 Å². The maximum Gasteiger partial charge on any atom is 0.259 e. The molecule has 7 heteroatoms. The van der Waals surface area contributed by atoms with Gasteiger partial charge >= 0.3 is 0 Å². The quantitative estimate of drug-likeness (QED) is 0.893. The van der Waals surface area contributed by atoms with Gasteiger partial charge in [-0.1, -0.05) is 18.2 Å². The van der Waals surface area contributed by atoms with E-state index in [1.165, 1.54) is 17.0 Å². The Morgan fingerprint density at radius 1 is 1.16 bits per heavy atom. The second-order valence-corrected chi connectivity index (χ2v) is 8.12. The van der Waals surface area contributed by atoms with Gasteiger partial charge in [-0.3, -0.25) is 14.5 Å². The van der Waals surface area contributed by atoms with Gasteiger partial charge in [-0.05, 0) is 43.7 Å². The van der Waals surface area contributed by atoms with Crippen molar-refractivity contribution in [2.45, 2.75) is 24.8 Å². The fraction of sp³-hybridized carbons (Fsp3) is 0.222. The molecular weight excluding hydrogens is 340 g/mol. The highest BCUT2D eigenvalue weighted by Gasteiger charge is 2.35. The number of carbonyl (C=O) groups is 2. The van der Waals surface area contributed by atoms with E-state index >= 15 is 0 Å². The maximum absolute atomic E-state index is 13.0. The fourth-order valence-electron chi connectivity index (χ4n) is 2.85. The molecule has 2 amide bonds. The largest absolute Gasteiger partial charge is 0.322 e. The van der Waals surface area contributed by atoms with E-state index in [0.717, 1.165) is 11.8 Å². The third-order valence-electron chi connectivity index (χ3n) is 4.27. The molecule has 1 unspecified atom stereocenters. The summed E-state index contributed by atoms with van der Waals surface area (Å²) < 4.78 is 23.5. The Balaban J connectivity index is 2.14. The van der Waals surface area contributed by atoms with Crippen LogP contribution in [0.3, 0.4) is 0 Å². The number of anilines is 2. The molecular formula is C18H18N2O4S. The van der Waals surface area contributed by atoms with E-state index in [2.05, 4.69) is 5.32 Å². The average molecular weight is 358 g/mol. The molecule has 2 aromatic rings. The van der Waals surface area contributed by atoms with Crippen molar-refractivity contribution < 1.29 is 18.0 Å². The van der Waals surface area contributed by atoms with Gasteiger partial charge in [0.05, 0.1) is 16.3 Å². The average Bonchev–Trinajstić information content (AvgIpc) is 2.54. The van der Waals surface area contributed by atoms with Crippen LogP contribution in [0.4, 0.5) is 11.4 Å². The van der Waals surface area contributed by atoms with Crippen LogP contribution in [-0.2, 0) is 14.6 Å². The highest BCUT2D eigenvalue weighted by Crippen LogP contribution is 2.35. The standard InChI is InChI=1S/C18H18N2O4S/c1-11-6-4-5-7-14(11)18(22)20-12(2)17(21)19-15-10-13(25(3,23)24)8-9-16(15)20/h4-10,12H,1-3H3,(H,19,21). The van der Waals surface area contributed by atoms with Crippen LogP contribution in [0.5, 0.6) is 0 Å². The minimum absolute atomic E-state index is 0.0874. The van der Waals surface area contributed by atoms with Crippen molar-refractivity contribution >= 4 is 33.0 Å². The lowest BCUT2D eigenvalue weighted by atomic mass is 10.0. The van der Waals surface area contributed by atoms with E-state index in [0.29, 0.717) is 16.9 Å². The number of aryl methyl sites for hydroxylation is 1. The van der Waals surface area contributed by atoms with Crippen molar-refractivity contribution in [2.75, 3.05) is 16.5 Å². The summed E-state index contributed by atoms with van der Waals surface area (Å²) in [5.41, 5.74) is 2.10. The predicted octanol–water partition coefficient (Wildman–Crippen LogP) is 2.39. The van der Waals surface area contributed by atoms with Crippen LogP contribution in [0.25, 0.3) is 0 Å². The van der Waals surface area contributed by atoms with Gasteiger partial charge in [-0.25, -0.2) is 8.42 Å². The monoisotopic (exact) mass is 358 g/mol. The normalized spacial score (nSPS) is 17.0. The van der Waals surface area contributed by atoms with Gasteiger partial charge in [-0.15, -0.1) is 0 Å². The van der Waals surface area contributed by atoms with Crippen LogP contribution in [-0.4, -0.2) is 32.5 Å². The summed E-state index contributed by atoms with van der Waals surface area (Å²) in [6.45, 7) is 3.47.